The maximum atomic E-state index is 11.1. The molecule has 0 saturated heterocycles. The van der Waals surface area contributed by atoms with Crippen LogP contribution in [0.5, 0.6) is 0 Å². The van der Waals surface area contributed by atoms with Crippen LogP contribution in [0.3, 0.4) is 0 Å². The van der Waals surface area contributed by atoms with E-state index in [1.165, 1.54) is 25.7 Å². The molecule has 108 valence electrons. The molecule has 0 atom stereocenters. The summed E-state index contributed by atoms with van der Waals surface area (Å²) < 4.78 is 0. The summed E-state index contributed by atoms with van der Waals surface area (Å²) in [7, 11) is 0. The third-order valence-electron chi connectivity index (χ3n) is 4.27. The predicted octanol–water partition coefficient (Wildman–Crippen LogP) is 2.71. The normalized spacial score (nSPS) is 17.9. The lowest BCUT2D eigenvalue weighted by Gasteiger charge is -2.24. The fourth-order valence-electron chi connectivity index (χ4n) is 2.78. The van der Waals surface area contributed by atoms with Crippen molar-refractivity contribution in [1.82, 2.24) is 9.97 Å². The Morgan fingerprint density at radius 2 is 2.05 bits per heavy atom. The molecule has 4 rings (SSSR count). The lowest BCUT2D eigenvalue weighted by molar-refractivity contribution is 0.0697. The van der Waals surface area contributed by atoms with Gasteiger partial charge in [0.05, 0.1) is 11.1 Å². The number of anilines is 1. The Balaban J connectivity index is 1.77. The molecule has 2 saturated carbocycles. The molecular formula is C16H17N3O2. The molecule has 2 aliphatic rings. The second kappa shape index (κ2) is 4.69. The summed E-state index contributed by atoms with van der Waals surface area (Å²) in [5.74, 6) is 0.842. The molecular weight excluding hydrogens is 266 g/mol. The molecule has 5 heteroatoms. The standard InChI is InChI=1S/C16H17N3O2/c20-16(21)11-3-6-13-14(7-11)17-9-18-15(13)19(12-4-5-12)8-10-1-2-10/h3,6-7,9-10,12H,1-2,4-5,8H2,(H,20,21). The third-order valence-corrected chi connectivity index (χ3v) is 4.27. The first-order valence-electron chi connectivity index (χ1n) is 7.47. The monoisotopic (exact) mass is 283 g/mol. The van der Waals surface area contributed by atoms with Crippen LogP contribution < -0.4 is 4.90 Å². The van der Waals surface area contributed by atoms with Crippen molar-refractivity contribution in [3.63, 3.8) is 0 Å². The number of hydrogen-bond donors (Lipinski definition) is 1. The summed E-state index contributed by atoms with van der Waals surface area (Å²) >= 11 is 0. The van der Waals surface area contributed by atoms with Crippen molar-refractivity contribution in [2.75, 3.05) is 11.4 Å². The largest absolute Gasteiger partial charge is 0.478 e. The van der Waals surface area contributed by atoms with Gasteiger partial charge in [0.1, 0.15) is 12.1 Å². The van der Waals surface area contributed by atoms with E-state index in [4.69, 9.17) is 5.11 Å². The zero-order valence-corrected chi connectivity index (χ0v) is 11.7. The maximum Gasteiger partial charge on any atom is 0.335 e. The predicted molar refractivity (Wildman–Crippen MR) is 79.6 cm³/mol. The number of fused-ring (bicyclic) bond motifs is 1. The lowest BCUT2D eigenvalue weighted by atomic mass is 10.1. The molecule has 5 nitrogen and oxygen atoms in total. The van der Waals surface area contributed by atoms with Gasteiger partial charge in [0.15, 0.2) is 0 Å². The van der Waals surface area contributed by atoms with E-state index < -0.39 is 5.97 Å². The van der Waals surface area contributed by atoms with Crippen LogP contribution in [-0.4, -0.2) is 33.6 Å². The molecule has 1 aromatic carbocycles. The van der Waals surface area contributed by atoms with Gasteiger partial charge in [-0.05, 0) is 49.8 Å². The molecule has 0 spiro atoms. The Hall–Kier alpha value is -2.17. The Morgan fingerprint density at radius 3 is 2.71 bits per heavy atom. The van der Waals surface area contributed by atoms with Crippen LogP contribution in [0.2, 0.25) is 0 Å². The fourth-order valence-corrected chi connectivity index (χ4v) is 2.78. The van der Waals surface area contributed by atoms with Crippen molar-refractivity contribution >= 4 is 22.7 Å². The minimum absolute atomic E-state index is 0.271. The lowest BCUT2D eigenvalue weighted by Crippen LogP contribution is -2.29. The van der Waals surface area contributed by atoms with Gasteiger partial charge in [-0.15, -0.1) is 0 Å². The van der Waals surface area contributed by atoms with Crippen molar-refractivity contribution in [1.29, 1.82) is 0 Å². The van der Waals surface area contributed by atoms with Gasteiger partial charge in [-0.3, -0.25) is 0 Å². The first kappa shape index (κ1) is 12.6. The molecule has 0 bridgehead atoms. The van der Waals surface area contributed by atoms with Gasteiger partial charge in [-0.25, -0.2) is 14.8 Å². The van der Waals surface area contributed by atoms with E-state index in [0.717, 1.165) is 23.7 Å². The third kappa shape index (κ3) is 2.44. The molecule has 2 aliphatic carbocycles. The maximum absolute atomic E-state index is 11.1. The highest BCUT2D eigenvalue weighted by atomic mass is 16.4. The summed E-state index contributed by atoms with van der Waals surface area (Å²) in [6.07, 6.45) is 6.63. The molecule has 2 fully saturated rings. The SMILES string of the molecule is O=C(O)c1ccc2c(N(CC3CC3)C3CC3)ncnc2c1. The minimum Gasteiger partial charge on any atom is -0.478 e. The van der Waals surface area contributed by atoms with E-state index in [2.05, 4.69) is 14.9 Å². The van der Waals surface area contributed by atoms with Gasteiger partial charge in [0, 0.05) is 18.0 Å². The van der Waals surface area contributed by atoms with Crippen molar-refractivity contribution in [3.05, 3.63) is 30.1 Å². The number of hydrogen-bond acceptors (Lipinski definition) is 4. The van der Waals surface area contributed by atoms with Gasteiger partial charge < -0.3 is 10.0 Å². The summed E-state index contributed by atoms with van der Waals surface area (Å²) in [6, 6.07) is 5.71. The molecule has 21 heavy (non-hydrogen) atoms. The van der Waals surface area contributed by atoms with Gasteiger partial charge in [-0.2, -0.15) is 0 Å². The fraction of sp³-hybridized carbons (Fsp3) is 0.438. The van der Waals surface area contributed by atoms with Crippen LogP contribution in [0.15, 0.2) is 24.5 Å². The number of aromatic nitrogens is 2. The topological polar surface area (TPSA) is 66.3 Å². The van der Waals surface area contributed by atoms with Crippen LogP contribution >= 0.6 is 0 Å². The summed E-state index contributed by atoms with van der Waals surface area (Å²) in [4.78, 5) is 22.2. The van der Waals surface area contributed by atoms with Gasteiger partial charge in [0.2, 0.25) is 0 Å². The highest BCUT2D eigenvalue weighted by molar-refractivity contribution is 5.96. The average molecular weight is 283 g/mol. The number of carbonyl (C=O) groups is 1. The molecule has 0 aliphatic heterocycles. The smallest absolute Gasteiger partial charge is 0.335 e. The zero-order chi connectivity index (χ0) is 14.4. The Kier molecular flexibility index (Phi) is 2.80. The van der Waals surface area contributed by atoms with E-state index in [9.17, 15) is 4.79 Å². The van der Waals surface area contributed by atoms with Gasteiger partial charge >= 0.3 is 5.97 Å². The van der Waals surface area contributed by atoms with Crippen molar-refractivity contribution < 1.29 is 9.90 Å². The molecule has 1 heterocycles. The van der Waals surface area contributed by atoms with Gasteiger partial charge in [-0.1, -0.05) is 0 Å². The number of rotatable bonds is 5. The van der Waals surface area contributed by atoms with Crippen LogP contribution in [0.1, 0.15) is 36.0 Å². The summed E-state index contributed by atoms with van der Waals surface area (Å²) in [6.45, 7) is 1.07. The van der Waals surface area contributed by atoms with Crippen molar-refractivity contribution in [3.8, 4) is 0 Å². The van der Waals surface area contributed by atoms with Crippen molar-refractivity contribution in [2.45, 2.75) is 31.7 Å². The van der Waals surface area contributed by atoms with Crippen LogP contribution in [0.25, 0.3) is 10.9 Å². The van der Waals surface area contributed by atoms with Crippen LogP contribution in [0, 0.1) is 5.92 Å². The summed E-state index contributed by atoms with van der Waals surface area (Å²) in [5.41, 5.74) is 0.980. The number of aromatic carboxylic acids is 1. The van der Waals surface area contributed by atoms with E-state index in [1.54, 1.807) is 18.5 Å². The second-order valence-corrected chi connectivity index (χ2v) is 6.06. The quantitative estimate of drug-likeness (QED) is 0.914. The number of carboxylic acids is 1. The Morgan fingerprint density at radius 1 is 1.24 bits per heavy atom. The summed E-state index contributed by atoms with van der Waals surface area (Å²) in [5, 5.41) is 10.0. The Bertz CT molecular complexity index is 708. The molecule has 1 aromatic heterocycles. The van der Waals surface area contributed by atoms with Gasteiger partial charge in [0.25, 0.3) is 0 Å². The van der Waals surface area contributed by atoms with Crippen molar-refractivity contribution in [2.24, 2.45) is 5.92 Å². The first-order valence-corrected chi connectivity index (χ1v) is 7.47. The highest BCUT2D eigenvalue weighted by Gasteiger charge is 2.35. The average Bonchev–Trinajstić information content (AvgIpc) is 3.37. The zero-order valence-electron chi connectivity index (χ0n) is 11.7. The molecule has 0 radical (unpaired) electrons. The molecule has 0 amide bonds. The van der Waals surface area contributed by atoms with Crippen LogP contribution in [0.4, 0.5) is 5.82 Å². The van der Waals surface area contributed by atoms with E-state index in [0.29, 0.717) is 11.6 Å². The Labute approximate surface area is 122 Å². The number of carboxylic acid groups (broad SMARTS) is 1. The second-order valence-electron chi connectivity index (χ2n) is 6.06. The highest BCUT2D eigenvalue weighted by Crippen LogP contribution is 2.38. The molecule has 1 N–H and O–H groups in total. The molecule has 0 unspecified atom stereocenters. The number of benzene rings is 1. The van der Waals surface area contributed by atoms with E-state index in [-0.39, 0.29) is 5.56 Å². The molecule has 2 aromatic rings. The number of nitrogens with zero attached hydrogens (tertiary/aromatic N) is 3. The first-order chi connectivity index (χ1) is 10.2. The van der Waals surface area contributed by atoms with E-state index in [1.807, 2.05) is 6.07 Å². The minimum atomic E-state index is -0.922. The van der Waals surface area contributed by atoms with E-state index >= 15 is 0 Å². The van der Waals surface area contributed by atoms with Crippen LogP contribution in [-0.2, 0) is 0 Å².